The van der Waals surface area contributed by atoms with E-state index in [0.29, 0.717) is 16.9 Å². The summed E-state index contributed by atoms with van der Waals surface area (Å²) in [5.41, 5.74) is 14.1. The van der Waals surface area contributed by atoms with Gasteiger partial charge in [0.2, 0.25) is 0 Å². The minimum atomic E-state index is 0.444. The van der Waals surface area contributed by atoms with Gasteiger partial charge in [-0.05, 0) is 68.4 Å². The Bertz CT molecular complexity index is 4030. The molecule has 0 bridgehead atoms. The maximum absolute atomic E-state index is 12.6. The molecule has 0 fully saturated rings. The average molecular weight is 873 g/mol. The number of rotatable bonds is 5. The van der Waals surface area contributed by atoms with E-state index in [4.69, 9.17) is 24.9 Å². The molecule has 10 heteroatoms. The highest BCUT2D eigenvalue weighted by atomic mass is 15.1. The maximum atomic E-state index is 12.6. The van der Waals surface area contributed by atoms with E-state index >= 15 is 0 Å². The van der Waals surface area contributed by atoms with Gasteiger partial charge in [0, 0.05) is 90.4 Å². The minimum absolute atomic E-state index is 0.444. The Kier molecular flexibility index (Phi) is 7.95. The van der Waals surface area contributed by atoms with Crippen molar-refractivity contribution in [2.75, 3.05) is 0 Å². The van der Waals surface area contributed by atoms with Crippen LogP contribution in [0, 0.1) is 25.2 Å². The van der Waals surface area contributed by atoms with Gasteiger partial charge < -0.3 is 18.3 Å². The lowest BCUT2D eigenvalue weighted by molar-refractivity contribution is 1.03. The van der Waals surface area contributed by atoms with Crippen molar-refractivity contribution in [1.29, 1.82) is 5.26 Å². The molecule has 0 saturated heterocycles. The largest absolute Gasteiger partial charge is 0.305 e. The molecule has 0 atom stereocenters. The van der Waals surface area contributed by atoms with Crippen LogP contribution >= 0.6 is 0 Å². The van der Waals surface area contributed by atoms with Crippen molar-refractivity contribution in [3.8, 4) is 39.9 Å². The van der Waals surface area contributed by atoms with Crippen LogP contribution in [0.1, 0.15) is 17.0 Å². The number of aromatic nitrogens is 9. The van der Waals surface area contributed by atoms with Crippen molar-refractivity contribution < 1.29 is 0 Å². The zero-order valence-electron chi connectivity index (χ0n) is 36.8. The summed E-state index contributed by atoms with van der Waals surface area (Å²) in [5, 5.41) is 20.9. The monoisotopic (exact) mass is 872 g/mol. The zero-order chi connectivity index (χ0) is 45.2. The molecular weight excluding hydrogens is 837 g/mol. The molecule has 9 heterocycles. The molecule has 0 aliphatic carbocycles. The van der Waals surface area contributed by atoms with E-state index in [1.165, 1.54) is 0 Å². The SMILES string of the molecule is Cc1ccc(-c2c(-n3c4ccccc4c4ccncc43)c(-n3c4ccccc4c4ccncc43)c(C#N)c(-n3c4ccccc4c4ccncc43)c2-n2c3ccccc3c3ccncc32)c(C)n1. The summed E-state index contributed by atoms with van der Waals surface area (Å²) in [4.78, 5) is 24.4. The van der Waals surface area contributed by atoms with Crippen LogP contribution in [0.25, 0.3) is 121 Å². The number of pyridine rings is 5. The molecule has 5 aromatic carbocycles. The highest BCUT2D eigenvalue weighted by Crippen LogP contribution is 2.52. The third-order valence-corrected chi connectivity index (χ3v) is 13.8. The molecule has 9 aromatic heterocycles. The van der Waals surface area contributed by atoms with Gasteiger partial charge in [0.15, 0.2) is 0 Å². The molecule has 14 aromatic rings. The standard InChI is InChI=1S/C58H36N10/c1-34-19-20-36(35(2)64-34)54-57(67-48-17-9-5-13-39(48)43-23-27-62-32-52(43)67)55(65-46-15-7-3-11-37(46)41-21-25-60-30-50(41)65)45(29-59)56(66-47-16-8-4-12-38(47)42-22-26-61-31-51(42)66)58(54)68-49-18-10-6-14-40(49)44-24-28-63-33-53(44)68/h3-28,30-33H,1-2H3. The number of nitriles is 1. The van der Waals surface area contributed by atoms with Crippen LogP contribution in [0.15, 0.2) is 183 Å². The molecule has 0 saturated carbocycles. The molecule has 14 rings (SSSR count). The quantitative estimate of drug-likeness (QED) is 0.170. The number of hydrogen-bond donors (Lipinski definition) is 0. The fraction of sp³-hybridized carbons (Fsp3) is 0.0345. The Morgan fingerprint density at radius 2 is 0.691 bits per heavy atom. The number of hydrogen-bond acceptors (Lipinski definition) is 6. The first-order valence-corrected chi connectivity index (χ1v) is 22.5. The highest BCUT2D eigenvalue weighted by molar-refractivity contribution is 6.17. The topological polar surface area (TPSA) is 108 Å². The molecule has 0 radical (unpaired) electrons. The first-order chi connectivity index (χ1) is 33.6. The molecule has 68 heavy (non-hydrogen) atoms. The van der Waals surface area contributed by atoms with Crippen molar-refractivity contribution in [2.45, 2.75) is 13.8 Å². The van der Waals surface area contributed by atoms with Crippen molar-refractivity contribution in [3.05, 3.63) is 200 Å². The smallest absolute Gasteiger partial charge is 0.104 e. The minimum Gasteiger partial charge on any atom is -0.305 e. The van der Waals surface area contributed by atoms with E-state index in [2.05, 4.69) is 165 Å². The van der Waals surface area contributed by atoms with Crippen molar-refractivity contribution in [2.24, 2.45) is 0 Å². The molecule has 0 aliphatic rings. The summed E-state index contributed by atoms with van der Waals surface area (Å²) in [6.45, 7) is 4.12. The van der Waals surface area contributed by atoms with Crippen molar-refractivity contribution in [3.63, 3.8) is 0 Å². The lowest BCUT2D eigenvalue weighted by atomic mass is 9.92. The second-order valence-electron chi connectivity index (χ2n) is 17.3. The summed E-state index contributed by atoms with van der Waals surface area (Å²) >= 11 is 0. The Balaban J connectivity index is 1.38. The third kappa shape index (κ3) is 5.07. The summed E-state index contributed by atoms with van der Waals surface area (Å²) in [6, 6.07) is 49.4. The molecular formula is C58H36N10. The van der Waals surface area contributed by atoms with Crippen LogP contribution in [-0.4, -0.2) is 43.2 Å². The maximum Gasteiger partial charge on any atom is 0.104 e. The zero-order valence-corrected chi connectivity index (χ0v) is 36.8. The predicted molar refractivity (Wildman–Crippen MR) is 272 cm³/mol. The Hall–Kier alpha value is -9.46. The van der Waals surface area contributed by atoms with Crippen LogP contribution < -0.4 is 0 Å². The van der Waals surface area contributed by atoms with Gasteiger partial charge in [-0.25, -0.2) is 0 Å². The summed E-state index contributed by atoms with van der Waals surface area (Å²) in [6.07, 6.45) is 15.1. The molecule has 0 amide bonds. The van der Waals surface area contributed by atoms with Gasteiger partial charge in [-0.15, -0.1) is 0 Å². The van der Waals surface area contributed by atoms with E-state index in [1.807, 2.05) is 56.5 Å². The van der Waals surface area contributed by atoms with E-state index in [1.54, 1.807) is 0 Å². The Labute approximate surface area is 387 Å². The number of para-hydroxylation sites is 4. The first-order valence-electron chi connectivity index (χ1n) is 22.5. The number of fused-ring (bicyclic) bond motifs is 12. The van der Waals surface area contributed by atoms with Gasteiger partial charge in [-0.2, -0.15) is 5.26 Å². The number of benzene rings is 5. The fourth-order valence-corrected chi connectivity index (χ4v) is 11.1. The summed E-state index contributed by atoms with van der Waals surface area (Å²) < 4.78 is 9.17. The van der Waals surface area contributed by atoms with Crippen LogP contribution in [0.4, 0.5) is 0 Å². The van der Waals surface area contributed by atoms with Crippen LogP contribution in [0.3, 0.4) is 0 Å². The van der Waals surface area contributed by atoms with Crippen LogP contribution in [0.2, 0.25) is 0 Å². The number of nitrogens with zero attached hydrogens (tertiary/aromatic N) is 10. The van der Waals surface area contributed by atoms with Crippen molar-refractivity contribution >= 4 is 87.2 Å². The highest BCUT2D eigenvalue weighted by Gasteiger charge is 2.35. The normalized spacial score (nSPS) is 12.0. The lowest BCUT2D eigenvalue weighted by Crippen LogP contribution is -2.17. The molecule has 0 aliphatic heterocycles. The van der Waals surface area contributed by atoms with E-state index in [9.17, 15) is 5.26 Å². The molecule has 318 valence electrons. The van der Waals surface area contributed by atoms with E-state index < -0.39 is 0 Å². The van der Waals surface area contributed by atoms with E-state index in [0.717, 1.165) is 121 Å². The fourth-order valence-electron chi connectivity index (χ4n) is 11.1. The lowest BCUT2D eigenvalue weighted by Gasteiger charge is -2.29. The number of aryl methyl sites for hydroxylation is 2. The van der Waals surface area contributed by atoms with Crippen molar-refractivity contribution in [1.82, 2.24) is 43.2 Å². The third-order valence-electron chi connectivity index (χ3n) is 13.8. The molecule has 0 N–H and O–H groups in total. The van der Waals surface area contributed by atoms with E-state index in [-0.39, 0.29) is 0 Å². The predicted octanol–water partition coefficient (Wildman–Crippen LogP) is 13.2. The Morgan fingerprint density at radius 1 is 0.368 bits per heavy atom. The van der Waals surface area contributed by atoms with Gasteiger partial charge in [-0.3, -0.25) is 24.9 Å². The molecule has 10 nitrogen and oxygen atoms in total. The van der Waals surface area contributed by atoms with Gasteiger partial charge in [0.25, 0.3) is 0 Å². The molecule has 0 unspecified atom stereocenters. The second kappa shape index (κ2) is 14.3. The van der Waals surface area contributed by atoms with Gasteiger partial charge in [0.1, 0.15) is 11.6 Å². The van der Waals surface area contributed by atoms with Crippen LogP contribution in [0.5, 0.6) is 0 Å². The van der Waals surface area contributed by atoms with Gasteiger partial charge in [-0.1, -0.05) is 78.9 Å². The second-order valence-corrected chi connectivity index (χ2v) is 17.3. The first kappa shape index (κ1) is 37.9. The average Bonchev–Trinajstić information content (AvgIpc) is 4.11. The van der Waals surface area contributed by atoms with Gasteiger partial charge in [0.05, 0.1) is 91.7 Å². The van der Waals surface area contributed by atoms with Crippen LogP contribution in [-0.2, 0) is 0 Å². The summed E-state index contributed by atoms with van der Waals surface area (Å²) in [5.74, 6) is 0. The summed E-state index contributed by atoms with van der Waals surface area (Å²) in [7, 11) is 0. The molecule has 0 spiro atoms. The Morgan fingerprint density at radius 3 is 1.03 bits per heavy atom. The van der Waals surface area contributed by atoms with Gasteiger partial charge >= 0.3 is 0 Å².